The van der Waals surface area contributed by atoms with Crippen molar-refractivity contribution in [2.24, 2.45) is 5.92 Å². The van der Waals surface area contributed by atoms with Crippen LogP contribution in [0, 0.1) is 5.92 Å². The van der Waals surface area contributed by atoms with E-state index >= 15 is 0 Å². The second kappa shape index (κ2) is 8.39. The van der Waals surface area contributed by atoms with Gasteiger partial charge in [-0.15, -0.1) is 0 Å². The van der Waals surface area contributed by atoms with Crippen LogP contribution in [0.25, 0.3) is 11.3 Å². The third-order valence-corrected chi connectivity index (χ3v) is 6.37. The van der Waals surface area contributed by atoms with Crippen molar-refractivity contribution in [3.05, 3.63) is 77.1 Å². The van der Waals surface area contributed by atoms with E-state index in [1.54, 1.807) is 0 Å². The Balaban J connectivity index is 1.47. The van der Waals surface area contributed by atoms with E-state index in [0.717, 1.165) is 41.9 Å². The Kier molecular flexibility index (Phi) is 5.31. The van der Waals surface area contributed by atoms with Crippen LogP contribution in [0.15, 0.2) is 54.6 Å². The Bertz CT molecular complexity index is 1060. The van der Waals surface area contributed by atoms with Gasteiger partial charge >= 0.3 is 0 Å². The zero-order chi connectivity index (χ0) is 20.3. The number of hydrogen-bond acceptors (Lipinski definition) is 3. The van der Waals surface area contributed by atoms with Crippen LogP contribution in [0.2, 0.25) is 0 Å². The van der Waals surface area contributed by atoms with E-state index in [0.29, 0.717) is 18.2 Å². The minimum atomic E-state index is -0.0284. The molecule has 1 fully saturated rings. The molecule has 1 aromatic heterocycles. The fourth-order valence-corrected chi connectivity index (χ4v) is 4.81. The number of benzene rings is 2. The topological polar surface area (TPSA) is 54.9 Å². The number of nitrogens with one attached hydrogen (secondary N) is 1. The van der Waals surface area contributed by atoms with Crippen molar-refractivity contribution in [1.29, 1.82) is 0 Å². The molecule has 5 rings (SSSR count). The lowest BCUT2D eigenvalue weighted by molar-refractivity contribution is -0.115. The second-order valence-corrected chi connectivity index (χ2v) is 8.54. The van der Waals surface area contributed by atoms with E-state index in [1.165, 1.54) is 36.8 Å². The normalized spacial score (nSPS) is 15.5. The average molecular weight is 398 g/mol. The molecule has 0 saturated heterocycles. The highest BCUT2D eigenvalue weighted by Crippen LogP contribution is 2.35. The highest BCUT2D eigenvalue weighted by atomic mass is 16.1. The summed E-state index contributed by atoms with van der Waals surface area (Å²) in [5.41, 5.74) is 6.49. The Hall–Kier alpha value is -3.01. The molecule has 2 aliphatic rings. The number of fused-ring (bicyclic) bond motifs is 3. The first-order chi connectivity index (χ1) is 14.8. The van der Waals surface area contributed by atoms with Crippen LogP contribution >= 0.6 is 0 Å². The smallest absolute Gasteiger partial charge is 0.229 e. The highest BCUT2D eigenvalue weighted by molar-refractivity contribution is 5.92. The summed E-state index contributed by atoms with van der Waals surface area (Å²) in [6.45, 7) is 0. The van der Waals surface area contributed by atoms with Gasteiger partial charge in [0, 0.05) is 5.56 Å². The van der Waals surface area contributed by atoms with Crippen LogP contribution in [0.3, 0.4) is 0 Å². The van der Waals surface area contributed by atoms with Gasteiger partial charge in [0.2, 0.25) is 5.91 Å². The molecule has 152 valence electrons. The van der Waals surface area contributed by atoms with Crippen LogP contribution in [-0.2, 0) is 30.5 Å². The number of carbonyl (C=O) groups excluding carboxylic acids is 1. The first-order valence-corrected chi connectivity index (χ1v) is 11.1. The molecule has 0 atom stereocenters. The Morgan fingerprint density at radius 3 is 2.53 bits per heavy atom. The quantitative estimate of drug-likeness (QED) is 0.647. The molecule has 2 aliphatic carbocycles. The maximum Gasteiger partial charge on any atom is 0.229 e. The van der Waals surface area contributed by atoms with Crippen molar-refractivity contribution in [2.45, 2.75) is 51.4 Å². The van der Waals surface area contributed by atoms with E-state index in [1.807, 2.05) is 30.3 Å². The summed E-state index contributed by atoms with van der Waals surface area (Å²) in [6.07, 6.45) is 8.15. The maximum absolute atomic E-state index is 12.8. The summed E-state index contributed by atoms with van der Waals surface area (Å²) in [5.74, 6) is 1.28. The lowest BCUT2D eigenvalue weighted by Crippen LogP contribution is -2.20. The number of rotatable bonds is 5. The van der Waals surface area contributed by atoms with Gasteiger partial charge in [-0.3, -0.25) is 4.79 Å². The lowest BCUT2D eigenvalue weighted by Gasteiger charge is -2.21. The zero-order valence-electron chi connectivity index (χ0n) is 17.2. The first-order valence-electron chi connectivity index (χ1n) is 11.1. The van der Waals surface area contributed by atoms with Crippen LogP contribution in [0.5, 0.6) is 0 Å². The highest BCUT2D eigenvalue weighted by Gasteiger charge is 2.24. The molecule has 0 spiro atoms. The molecule has 1 heterocycles. The molecule has 1 amide bonds. The number of hydrogen-bond donors (Lipinski definition) is 1. The summed E-state index contributed by atoms with van der Waals surface area (Å²) in [5, 5.41) is 3.09. The summed E-state index contributed by atoms with van der Waals surface area (Å²) in [6, 6.07) is 18.4. The second-order valence-electron chi connectivity index (χ2n) is 8.54. The summed E-state index contributed by atoms with van der Waals surface area (Å²) in [7, 11) is 0. The third kappa shape index (κ3) is 4.00. The number of carbonyl (C=O) groups is 1. The van der Waals surface area contributed by atoms with Crippen molar-refractivity contribution in [3.8, 4) is 11.3 Å². The van der Waals surface area contributed by atoms with Gasteiger partial charge in [-0.25, -0.2) is 9.97 Å². The van der Waals surface area contributed by atoms with Crippen molar-refractivity contribution in [2.75, 3.05) is 5.32 Å². The number of amides is 1. The predicted octanol–water partition coefficient (Wildman–Crippen LogP) is 5.16. The standard InChI is InChI=1S/C26H27N3O/c30-24(17-19-8-2-1-3-9-19)29-26-23(16-18-10-4-5-11-18)27-25-21-13-7-6-12-20(21)14-15-22(25)28-26/h1-3,6-9,12-13,18H,4-5,10-11,14-17H2,(H,28,29,30). The summed E-state index contributed by atoms with van der Waals surface area (Å²) < 4.78 is 0. The fourth-order valence-electron chi connectivity index (χ4n) is 4.81. The zero-order valence-corrected chi connectivity index (χ0v) is 17.2. The van der Waals surface area contributed by atoms with Gasteiger partial charge in [0.15, 0.2) is 5.82 Å². The molecule has 30 heavy (non-hydrogen) atoms. The minimum Gasteiger partial charge on any atom is -0.309 e. The van der Waals surface area contributed by atoms with Crippen LogP contribution in [0.4, 0.5) is 5.82 Å². The molecule has 3 aromatic rings. The molecule has 0 aliphatic heterocycles. The van der Waals surface area contributed by atoms with Gasteiger partial charge in [-0.05, 0) is 36.3 Å². The van der Waals surface area contributed by atoms with Crippen molar-refractivity contribution in [3.63, 3.8) is 0 Å². The minimum absolute atomic E-state index is 0.0284. The largest absolute Gasteiger partial charge is 0.309 e. The van der Waals surface area contributed by atoms with Crippen molar-refractivity contribution in [1.82, 2.24) is 9.97 Å². The maximum atomic E-state index is 12.8. The molecule has 1 N–H and O–H groups in total. The van der Waals surface area contributed by atoms with Crippen molar-refractivity contribution >= 4 is 11.7 Å². The van der Waals surface area contributed by atoms with E-state index in [2.05, 4.69) is 29.6 Å². The van der Waals surface area contributed by atoms with Gasteiger partial charge < -0.3 is 5.32 Å². The fraction of sp³-hybridized carbons (Fsp3) is 0.346. The van der Waals surface area contributed by atoms with E-state index in [4.69, 9.17) is 9.97 Å². The third-order valence-electron chi connectivity index (χ3n) is 6.37. The van der Waals surface area contributed by atoms with E-state index in [-0.39, 0.29) is 5.91 Å². The monoisotopic (exact) mass is 397 g/mol. The van der Waals surface area contributed by atoms with Gasteiger partial charge in [0.25, 0.3) is 0 Å². The van der Waals surface area contributed by atoms with Gasteiger partial charge in [-0.2, -0.15) is 0 Å². The number of nitrogens with zero attached hydrogens (tertiary/aromatic N) is 2. The average Bonchev–Trinajstić information content (AvgIpc) is 3.28. The Morgan fingerprint density at radius 2 is 1.70 bits per heavy atom. The number of aromatic nitrogens is 2. The lowest BCUT2D eigenvalue weighted by atomic mass is 9.91. The van der Waals surface area contributed by atoms with E-state index in [9.17, 15) is 4.79 Å². The Labute approximate surface area is 177 Å². The predicted molar refractivity (Wildman–Crippen MR) is 119 cm³/mol. The van der Waals surface area contributed by atoms with Crippen molar-refractivity contribution < 1.29 is 4.79 Å². The van der Waals surface area contributed by atoms with E-state index < -0.39 is 0 Å². The Morgan fingerprint density at radius 1 is 0.933 bits per heavy atom. The molecule has 0 unspecified atom stereocenters. The van der Waals surface area contributed by atoms with Gasteiger partial charge in [0.1, 0.15) is 0 Å². The molecule has 1 saturated carbocycles. The SMILES string of the molecule is O=C(Cc1ccccc1)Nc1nc2c(nc1CC1CCCC1)-c1ccccc1CC2. The summed E-state index contributed by atoms with van der Waals surface area (Å²) >= 11 is 0. The van der Waals surface area contributed by atoms with Crippen LogP contribution in [-0.4, -0.2) is 15.9 Å². The summed E-state index contributed by atoms with van der Waals surface area (Å²) in [4.78, 5) is 22.8. The molecule has 0 radical (unpaired) electrons. The molecular weight excluding hydrogens is 370 g/mol. The number of aryl methyl sites for hydroxylation is 2. The molecule has 2 aromatic carbocycles. The van der Waals surface area contributed by atoms with Crippen LogP contribution in [0.1, 0.15) is 48.2 Å². The molecule has 4 nitrogen and oxygen atoms in total. The first kappa shape index (κ1) is 19.0. The van der Waals surface area contributed by atoms with Crippen LogP contribution < -0.4 is 5.32 Å². The van der Waals surface area contributed by atoms with Gasteiger partial charge in [0.05, 0.1) is 23.5 Å². The molecular formula is C26H27N3O. The molecule has 0 bridgehead atoms. The molecule has 4 heteroatoms. The van der Waals surface area contributed by atoms with Gasteiger partial charge in [-0.1, -0.05) is 80.3 Å². The number of anilines is 1.